The van der Waals surface area contributed by atoms with Crippen molar-refractivity contribution in [3.05, 3.63) is 27.7 Å². The molecule has 0 heterocycles. The van der Waals surface area contributed by atoms with Gasteiger partial charge in [-0.1, -0.05) is 37.0 Å². The third kappa shape index (κ3) is 5.81. The average Bonchev–Trinajstić information content (AvgIpc) is 2.40. The molecule has 116 valence electrons. The van der Waals surface area contributed by atoms with Gasteiger partial charge in [0.05, 0.1) is 28.8 Å². The smallest absolute Gasteiger partial charge is 0.411 e. The topological polar surface area (TPSA) is 67.4 Å². The van der Waals surface area contributed by atoms with Crippen molar-refractivity contribution in [1.82, 2.24) is 5.32 Å². The summed E-state index contributed by atoms with van der Waals surface area (Å²) in [5.74, 6) is 0.0795. The SMILES string of the molecule is CNC(=O)Cc1cc(Cl)c(NC(=O)OCC(C)C)c(Cl)c1. The summed E-state index contributed by atoms with van der Waals surface area (Å²) in [7, 11) is 1.55. The molecule has 1 aromatic rings. The molecule has 2 N–H and O–H groups in total. The number of hydrogen-bond acceptors (Lipinski definition) is 3. The Hall–Kier alpha value is -1.46. The van der Waals surface area contributed by atoms with Crippen LogP contribution in [0.15, 0.2) is 12.1 Å². The van der Waals surface area contributed by atoms with Gasteiger partial charge in [-0.2, -0.15) is 0 Å². The molecular weight excluding hydrogens is 315 g/mol. The summed E-state index contributed by atoms with van der Waals surface area (Å²) in [4.78, 5) is 22.9. The van der Waals surface area contributed by atoms with E-state index in [4.69, 9.17) is 27.9 Å². The Morgan fingerprint density at radius 3 is 2.29 bits per heavy atom. The maximum absolute atomic E-state index is 11.6. The van der Waals surface area contributed by atoms with Crippen LogP contribution in [0.4, 0.5) is 10.5 Å². The second-order valence-corrected chi connectivity index (χ2v) is 5.72. The molecule has 0 saturated carbocycles. The lowest BCUT2D eigenvalue weighted by Crippen LogP contribution is -2.20. The zero-order valence-corrected chi connectivity index (χ0v) is 13.6. The third-order valence-electron chi connectivity index (χ3n) is 2.52. The van der Waals surface area contributed by atoms with Gasteiger partial charge in [-0.05, 0) is 23.6 Å². The van der Waals surface area contributed by atoms with Crippen LogP contribution in [0, 0.1) is 5.92 Å². The fourth-order valence-electron chi connectivity index (χ4n) is 1.50. The first-order chi connectivity index (χ1) is 9.83. The third-order valence-corrected chi connectivity index (χ3v) is 3.12. The largest absolute Gasteiger partial charge is 0.449 e. The van der Waals surface area contributed by atoms with Crippen molar-refractivity contribution in [2.24, 2.45) is 5.92 Å². The number of likely N-dealkylation sites (N-methyl/N-ethyl adjacent to an activating group) is 1. The predicted molar refractivity (Wildman–Crippen MR) is 84.0 cm³/mol. The van der Waals surface area contributed by atoms with Crippen molar-refractivity contribution in [2.75, 3.05) is 19.0 Å². The van der Waals surface area contributed by atoms with Crippen molar-refractivity contribution < 1.29 is 14.3 Å². The molecule has 0 aliphatic carbocycles. The van der Waals surface area contributed by atoms with Gasteiger partial charge in [0.1, 0.15) is 0 Å². The average molecular weight is 333 g/mol. The van der Waals surface area contributed by atoms with Crippen molar-refractivity contribution in [3.8, 4) is 0 Å². The Balaban J connectivity index is 2.80. The van der Waals surface area contributed by atoms with E-state index in [-0.39, 0.29) is 34.0 Å². The number of hydrogen-bond donors (Lipinski definition) is 2. The Kier molecular flexibility index (Phi) is 6.78. The molecule has 7 heteroatoms. The number of amides is 2. The van der Waals surface area contributed by atoms with Crippen LogP contribution in [0.2, 0.25) is 10.0 Å². The first-order valence-electron chi connectivity index (χ1n) is 6.45. The lowest BCUT2D eigenvalue weighted by atomic mass is 10.1. The van der Waals surface area contributed by atoms with Crippen LogP contribution < -0.4 is 10.6 Å². The molecule has 0 aliphatic rings. The van der Waals surface area contributed by atoms with Gasteiger partial charge in [-0.25, -0.2) is 4.79 Å². The number of carbonyl (C=O) groups is 2. The number of rotatable bonds is 5. The maximum Gasteiger partial charge on any atom is 0.411 e. The molecule has 2 amide bonds. The van der Waals surface area contributed by atoms with Gasteiger partial charge in [0.15, 0.2) is 0 Å². The molecule has 0 spiro atoms. The van der Waals surface area contributed by atoms with E-state index in [1.54, 1.807) is 19.2 Å². The van der Waals surface area contributed by atoms with Crippen molar-refractivity contribution >= 4 is 40.9 Å². The fraction of sp³-hybridized carbons (Fsp3) is 0.429. The van der Waals surface area contributed by atoms with Gasteiger partial charge in [-0.3, -0.25) is 10.1 Å². The minimum atomic E-state index is -0.619. The first kappa shape index (κ1) is 17.6. The van der Waals surface area contributed by atoms with Crippen molar-refractivity contribution in [3.63, 3.8) is 0 Å². The van der Waals surface area contributed by atoms with Crippen LogP contribution in [0.3, 0.4) is 0 Å². The second kappa shape index (κ2) is 8.10. The summed E-state index contributed by atoms with van der Waals surface area (Å²) in [5, 5.41) is 5.52. The monoisotopic (exact) mass is 332 g/mol. The summed E-state index contributed by atoms with van der Waals surface area (Å²) in [6, 6.07) is 3.17. The minimum absolute atomic E-state index is 0.154. The summed E-state index contributed by atoms with van der Waals surface area (Å²) in [6.07, 6.45) is -0.458. The highest BCUT2D eigenvalue weighted by Gasteiger charge is 2.14. The summed E-state index contributed by atoms with van der Waals surface area (Å²) >= 11 is 12.2. The van der Waals surface area contributed by atoms with E-state index in [1.807, 2.05) is 13.8 Å². The van der Waals surface area contributed by atoms with Gasteiger partial charge in [0.2, 0.25) is 5.91 Å². The van der Waals surface area contributed by atoms with Gasteiger partial charge in [-0.15, -0.1) is 0 Å². The van der Waals surface area contributed by atoms with Crippen LogP contribution in [-0.2, 0) is 16.0 Å². The Morgan fingerprint density at radius 2 is 1.81 bits per heavy atom. The lowest BCUT2D eigenvalue weighted by Gasteiger charge is -2.12. The molecule has 1 aromatic carbocycles. The molecule has 0 bridgehead atoms. The zero-order chi connectivity index (χ0) is 16.0. The highest BCUT2D eigenvalue weighted by molar-refractivity contribution is 6.39. The quantitative estimate of drug-likeness (QED) is 0.867. The first-order valence-corrected chi connectivity index (χ1v) is 7.21. The standard InChI is InChI=1S/C14H18Cl2N2O3/c1-8(2)7-21-14(20)18-13-10(15)4-9(5-11(13)16)6-12(19)17-3/h4-5,8H,6-7H2,1-3H3,(H,17,19)(H,18,20). The molecular formula is C14H18Cl2N2O3. The molecule has 0 saturated heterocycles. The number of nitrogens with one attached hydrogen (secondary N) is 2. The maximum atomic E-state index is 11.6. The van der Waals surface area contributed by atoms with E-state index in [0.29, 0.717) is 12.2 Å². The molecule has 0 aromatic heterocycles. The van der Waals surface area contributed by atoms with E-state index >= 15 is 0 Å². The van der Waals surface area contributed by atoms with Gasteiger partial charge in [0, 0.05) is 7.05 Å². The number of ether oxygens (including phenoxy) is 1. The van der Waals surface area contributed by atoms with Crippen LogP contribution in [0.1, 0.15) is 19.4 Å². The number of carbonyl (C=O) groups excluding carboxylic acids is 2. The van der Waals surface area contributed by atoms with Crippen molar-refractivity contribution in [2.45, 2.75) is 20.3 Å². The fourth-order valence-corrected chi connectivity index (χ4v) is 2.13. The van der Waals surface area contributed by atoms with E-state index in [9.17, 15) is 9.59 Å². The molecule has 0 radical (unpaired) electrons. The Labute approximate surface area is 133 Å². The summed E-state index contributed by atoms with van der Waals surface area (Å²) in [6.45, 7) is 4.16. The normalized spacial score (nSPS) is 10.4. The van der Waals surface area contributed by atoms with E-state index in [1.165, 1.54) is 0 Å². The van der Waals surface area contributed by atoms with Gasteiger partial charge >= 0.3 is 6.09 Å². The second-order valence-electron chi connectivity index (χ2n) is 4.90. The van der Waals surface area contributed by atoms with Crippen LogP contribution >= 0.6 is 23.2 Å². The summed E-state index contributed by atoms with van der Waals surface area (Å²) < 4.78 is 5.00. The van der Waals surface area contributed by atoms with Crippen LogP contribution in [0.25, 0.3) is 0 Å². The molecule has 5 nitrogen and oxygen atoms in total. The summed E-state index contributed by atoms with van der Waals surface area (Å²) in [5.41, 5.74) is 0.929. The number of anilines is 1. The molecule has 1 rings (SSSR count). The van der Waals surface area contributed by atoms with Gasteiger partial charge < -0.3 is 10.1 Å². The van der Waals surface area contributed by atoms with E-state index < -0.39 is 6.09 Å². The molecule has 0 aliphatic heterocycles. The van der Waals surface area contributed by atoms with Crippen molar-refractivity contribution in [1.29, 1.82) is 0 Å². The zero-order valence-electron chi connectivity index (χ0n) is 12.1. The molecule has 0 unspecified atom stereocenters. The van der Waals surface area contributed by atoms with Gasteiger partial charge in [0.25, 0.3) is 0 Å². The molecule has 0 fully saturated rings. The highest BCUT2D eigenvalue weighted by atomic mass is 35.5. The van der Waals surface area contributed by atoms with Crippen LogP contribution in [0.5, 0.6) is 0 Å². The number of halogens is 2. The number of benzene rings is 1. The molecule has 0 atom stereocenters. The predicted octanol–water partition coefficient (Wildman–Crippen LogP) is 3.49. The Bertz CT molecular complexity index is 510. The van der Waals surface area contributed by atoms with E-state index in [0.717, 1.165) is 0 Å². The minimum Gasteiger partial charge on any atom is -0.449 e. The van der Waals surface area contributed by atoms with E-state index in [2.05, 4.69) is 10.6 Å². The lowest BCUT2D eigenvalue weighted by molar-refractivity contribution is -0.119. The Morgan fingerprint density at radius 1 is 1.24 bits per heavy atom. The molecule has 21 heavy (non-hydrogen) atoms. The van der Waals surface area contributed by atoms with Crippen LogP contribution in [-0.4, -0.2) is 25.7 Å². The highest BCUT2D eigenvalue weighted by Crippen LogP contribution is 2.32.